The Morgan fingerprint density at radius 3 is 3.04 bits per heavy atom. The molecule has 1 saturated heterocycles. The Bertz CT molecular complexity index is 829. The molecule has 1 amide bonds. The minimum Gasteiger partial charge on any atom is -0.333 e. The molecule has 1 atom stereocenters. The highest BCUT2D eigenvalue weighted by molar-refractivity contribution is 7.20. The quantitative estimate of drug-likeness (QED) is 0.735. The maximum Gasteiger partial charge on any atom is 0.264 e. The monoisotopic (exact) mass is 343 g/mol. The molecule has 24 heavy (non-hydrogen) atoms. The van der Waals surface area contributed by atoms with E-state index < -0.39 is 0 Å². The molecule has 1 fully saturated rings. The molecule has 3 aromatic rings. The zero-order valence-corrected chi connectivity index (χ0v) is 14.8. The fourth-order valence-corrected chi connectivity index (χ4v) is 4.61. The molecule has 0 bridgehead atoms. The number of fused-ring (bicyclic) bond motifs is 1. The Hall–Kier alpha value is -2.15. The molecular weight excluding hydrogens is 322 g/mol. The second-order valence-corrected chi connectivity index (χ2v) is 7.45. The van der Waals surface area contributed by atoms with E-state index in [4.69, 9.17) is 0 Å². The molecule has 6 nitrogen and oxygen atoms in total. The molecule has 4 heterocycles. The first kappa shape index (κ1) is 15.4. The number of amides is 1. The van der Waals surface area contributed by atoms with Crippen LogP contribution in [-0.2, 0) is 13.6 Å². The Morgan fingerprint density at radius 2 is 2.29 bits per heavy atom. The number of rotatable bonds is 3. The number of hydrogen-bond acceptors (Lipinski definition) is 4. The Morgan fingerprint density at radius 1 is 1.42 bits per heavy atom. The number of hydrogen-bond donors (Lipinski definition) is 0. The van der Waals surface area contributed by atoms with E-state index in [1.807, 2.05) is 46.6 Å². The highest BCUT2D eigenvalue weighted by Crippen LogP contribution is 2.30. The number of thiophene rings is 1. The highest BCUT2D eigenvalue weighted by atomic mass is 32.1. The van der Waals surface area contributed by atoms with E-state index in [1.54, 1.807) is 17.5 Å². The number of aryl methyl sites for hydroxylation is 2. The Labute approximate surface area is 144 Å². The third-order valence-corrected chi connectivity index (χ3v) is 5.94. The van der Waals surface area contributed by atoms with Gasteiger partial charge in [-0.1, -0.05) is 0 Å². The van der Waals surface area contributed by atoms with Crippen LogP contribution in [0.25, 0.3) is 10.2 Å². The van der Waals surface area contributed by atoms with Crippen molar-refractivity contribution in [2.24, 2.45) is 7.05 Å². The first-order valence-corrected chi connectivity index (χ1v) is 9.16. The molecule has 0 aromatic carbocycles. The average molecular weight is 343 g/mol. The molecule has 0 N–H and O–H groups in total. The van der Waals surface area contributed by atoms with Crippen LogP contribution in [-0.4, -0.2) is 43.0 Å². The van der Waals surface area contributed by atoms with Gasteiger partial charge in [0.25, 0.3) is 5.91 Å². The molecule has 1 aliphatic rings. The molecular formula is C17H21N5OS. The maximum absolute atomic E-state index is 13.1. The lowest BCUT2D eigenvalue weighted by atomic mass is 10.0. The molecule has 3 aromatic heterocycles. The number of piperidine rings is 1. The van der Waals surface area contributed by atoms with Crippen molar-refractivity contribution >= 4 is 27.5 Å². The lowest BCUT2D eigenvalue weighted by molar-refractivity contribution is 0.0589. The summed E-state index contributed by atoms with van der Waals surface area (Å²) in [6.45, 7) is 3.59. The summed E-state index contributed by atoms with van der Waals surface area (Å²) >= 11 is 1.54. The number of carbonyl (C=O) groups is 1. The largest absolute Gasteiger partial charge is 0.333 e. The molecule has 1 aliphatic heterocycles. The van der Waals surface area contributed by atoms with Crippen molar-refractivity contribution in [2.45, 2.75) is 38.8 Å². The average Bonchev–Trinajstić information content (AvgIpc) is 3.28. The fraction of sp³-hybridized carbons (Fsp3) is 0.471. The lowest BCUT2D eigenvalue weighted by Crippen LogP contribution is -2.45. The third kappa shape index (κ3) is 2.62. The summed E-state index contributed by atoms with van der Waals surface area (Å²) in [6.07, 6.45) is 7.04. The van der Waals surface area contributed by atoms with Crippen molar-refractivity contribution in [3.05, 3.63) is 35.1 Å². The van der Waals surface area contributed by atoms with Gasteiger partial charge in [-0.05, 0) is 38.3 Å². The van der Waals surface area contributed by atoms with Crippen LogP contribution in [0.4, 0.5) is 0 Å². The first-order chi connectivity index (χ1) is 11.6. The topological polar surface area (TPSA) is 56.0 Å². The van der Waals surface area contributed by atoms with Crippen LogP contribution < -0.4 is 0 Å². The lowest BCUT2D eigenvalue weighted by Gasteiger charge is -2.35. The number of aromatic nitrogens is 4. The van der Waals surface area contributed by atoms with Crippen LogP contribution in [0.3, 0.4) is 0 Å². The van der Waals surface area contributed by atoms with Gasteiger partial charge in [-0.15, -0.1) is 11.3 Å². The second kappa shape index (κ2) is 6.05. The van der Waals surface area contributed by atoms with Crippen molar-refractivity contribution < 1.29 is 4.79 Å². The van der Waals surface area contributed by atoms with Crippen LogP contribution in [0.15, 0.2) is 24.5 Å². The summed E-state index contributed by atoms with van der Waals surface area (Å²) in [6, 6.07) is 4.15. The minimum atomic E-state index is 0.146. The van der Waals surface area contributed by atoms with Gasteiger partial charge in [0.05, 0.1) is 23.2 Å². The van der Waals surface area contributed by atoms with Gasteiger partial charge in [-0.25, -0.2) is 0 Å². The molecule has 0 radical (unpaired) electrons. The van der Waals surface area contributed by atoms with E-state index in [-0.39, 0.29) is 11.9 Å². The van der Waals surface area contributed by atoms with E-state index in [0.717, 1.165) is 46.7 Å². The van der Waals surface area contributed by atoms with Crippen LogP contribution in [0.2, 0.25) is 0 Å². The second-order valence-electron chi connectivity index (χ2n) is 6.41. The van der Waals surface area contributed by atoms with Crippen LogP contribution in [0.5, 0.6) is 0 Å². The molecule has 4 rings (SSSR count). The van der Waals surface area contributed by atoms with E-state index in [0.29, 0.717) is 0 Å². The smallest absolute Gasteiger partial charge is 0.264 e. The molecule has 7 heteroatoms. The van der Waals surface area contributed by atoms with Gasteiger partial charge in [0, 0.05) is 31.4 Å². The zero-order valence-electron chi connectivity index (χ0n) is 14.0. The van der Waals surface area contributed by atoms with E-state index in [2.05, 4.69) is 10.2 Å². The van der Waals surface area contributed by atoms with Gasteiger partial charge >= 0.3 is 0 Å². The molecule has 126 valence electrons. The summed E-state index contributed by atoms with van der Waals surface area (Å²) in [5, 5.41) is 9.80. The summed E-state index contributed by atoms with van der Waals surface area (Å²) < 4.78 is 3.79. The summed E-state index contributed by atoms with van der Waals surface area (Å²) in [5.41, 5.74) is 0.981. The molecule has 0 spiro atoms. The van der Waals surface area contributed by atoms with Crippen molar-refractivity contribution in [1.29, 1.82) is 0 Å². The molecule has 0 aliphatic carbocycles. The summed E-state index contributed by atoms with van der Waals surface area (Å²) in [7, 11) is 1.93. The summed E-state index contributed by atoms with van der Waals surface area (Å²) in [5.74, 6) is 0.146. The van der Waals surface area contributed by atoms with Gasteiger partial charge in [0.15, 0.2) is 0 Å². The van der Waals surface area contributed by atoms with Crippen molar-refractivity contribution in [2.75, 3.05) is 6.54 Å². The summed E-state index contributed by atoms with van der Waals surface area (Å²) in [4.78, 5) is 17.0. The zero-order chi connectivity index (χ0) is 16.7. The van der Waals surface area contributed by atoms with Crippen LogP contribution in [0.1, 0.15) is 34.6 Å². The number of likely N-dealkylation sites (tertiary alicyclic amines) is 1. The van der Waals surface area contributed by atoms with Crippen LogP contribution >= 0.6 is 11.3 Å². The van der Waals surface area contributed by atoms with E-state index in [1.165, 1.54) is 6.42 Å². The van der Waals surface area contributed by atoms with Gasteiger partial charge in [-0.3, -0.25) is 14.2 Å². The van der Waals surface area contributed by atoms with Crippen molar-refractivity contribution in [3.63, 3.8) is 0 Å². The number of nitrogens with zero attached hydrogens (tertiary/aromatic N) is 5. The molecule has 0 saturated carbocycles. The normalized spacial score (nSPS) is 18.4. The highest BCUT2D eigenvalue weighted by Gasteiger charge is 2.29. The predicted octanol–water partition coefficient (Wildman–Crippen LogP) is 2.83. The van der Waals surface area contributed by atoms with Crippen LogP contribution in [0, 0.1) is 6.92 Å². The van der Waals surface area contributed by atoms with Gasteiger partial charge < -0.3 is 4.90 Å². The third-order valence-electron chi connectivity index (χ3n) is 4.75. The van der Waals surface area contributed by atoms with Gasteiger partial charge in [0.1, 0.15) is 4.83 Å². The van der Waals surface area contributed by atoms with Gasteiger partial charge in [-0.2, -0.15) is 10.2 Å². The SMILES string of the molecule is Cc1nn(C)c2sc(C(=O)N3CCCC[C@H]3Cn3cccn3)cc12. The Kier molecular flexibility index (Phi) is 3.88. The van der Waals surface area contributed by atoms with E-state index in [9.17, 15) is 4.79 Å². The maximum atomic E-state index is 13.1. The first-order valence-electron chi connectivity index (χ1n) is 8.35. The van der Waals surface area contributed by atoms with Crippen molar-refractivity contribution in [3.8, 4) is 0 Å². The Balaban J connectivity index is 1.61. The predicted molar refractivity (Wildman–Crippen MR) is 94.2 cm³/mol. The van der Waals surface area contributed by atoms with Gasteiger partial charge in [0.2, 0.25) is 0 Å². The fourth-order valence-electron chi connectivity index (χ4n) is 3.53. The number of carbonyl (C=O) groups excluding carboxylic acids is 1. The molecule has 0 unspecified atom stereocenters. The minimum absolute atomic E-state index is 0.146. The van der Waals surface area contributed by atoms with E-state index >= 15 is 0 Å². The van der Waals surface area contributed by atoms with Crippen molar-refractivity contribution in [1.82, 2.24) is 24.5 Å². The standard InChI is InChI=1S/C17H21N5OS/c1-12-14-10-15(24-17(14)20(2)19-12)16(23)22-9-4-3-6-13(22)11-21-8-5-7-18-21/h5,7-8,10,13H,3-4,6,9,11H2,1-2H3/t13-/m0/s1.